The molecule has 33 heavy (non-hydrogen) atoms. The molecule has 2 aromatic carbocycles. The molecule has 0 radical (unpaired) electrons. The first-order chi connectivity index (χ1) is 15.8. The van der Waals surface area contributed by atoms with E-state index in [1.807, 2.05) is 56.1 Å². The Morgan fingerprint density at radius 1 is 1.09 bits per heavy atom. The number of aromatic nitrogens is 2. The molecule has 4 rings (SSSR count). The lowest BCUT2D eigenvalue weighted by atomic mass is 10.2. The van der Waals surface area contributed by atoms with Gasteiger partial charge in [0.15, 0.2) is 0 Å². The fraction of sp³-hybridized carbons (Fsp3) is 0.375. The molecule has 2 N–H and O–H groups in total. The van der Waals surface area contributed by atoms with Crippen molar-refractivity contribution >= 4 is 40.3 Å². The summed E-state index contributed by atoms with van der Waals surface area (Å²) in [5.41, 5.74) is 3.10. The van der Waals surface area contributed by atoms with Crippen molar-refractivity contribution in [2.45, 2.75) is 26.4 Å². The third kappa shape index (κ3) is 5.46. The first-order valence-electron chi connectivity index (χ1n) is 11.1. The molecule has 0 unspecified atom stereocenters. The van der Waals surface area contributed by atoms with Crippen LogP contribution in [0.15, 0.2) is 42.5 Å². The molecule has 1 aromatic heterocycles. The maximum absolute atomic E-state index is 12.6. The predicted molar refractivity (Wildman–Crippen MR) is 131 cm³/mol. The minimum Gasteiger partial charge on any atom is -0.350 e. The van der Waals surface area contributed by atoms with Crippen LogP contribution in [0.1, 0.15) is 30.0 Å². The van der Waals surface area contributed by atoms with Crippen molar-refractivity contribution in [3.05, 3.63) is 58.9 Å². The Bertz CT molecular complexity index is 1170. The average molecular weight is 469 g/mol. The van der Waals surface area contributed by atoms with Crippen LogP contribution < -0.4 is 10.6 Å². The fourth-order valence-electron chi connectivity index (χ4n) is 3.96. The number of rotatable bonds is 5. The Balaban J connectivity index is 1.37. The Kier molecular flexibility index (Phi) is 6.85. The number of nitrogens with zero attached hydrogens (tertiary/aromatic N) is 4. The van der Waals surface area contributed by atoms with E-state index in [1.165, 1.54) is 0 Å². The summed E-state index contributed by atoms with van der Waals surface area (Å²) >= 11 is 6.00. The third-order valence-corrected chi connectivity index (χ3v) is 5.99. The number of fused-ring (bicyclic) bond motifs is 1. The van der Waals surface area contributed by atoms with Gasteiger partial charge in [0.2, 0.25) is 0 Å². The van der Waals surface area contributed by atoms with Crippen LogP contribution in [0.4, 0.5) is 10.5 Å². The second-order valence-electron chi connectivity index (χ2n) is 8.62. The lowest BCUT2D eigenvalue weighted by molar-refractivity contribution is 0.0943. The standard InChI is InChI=1S/C24H29ClN6O2/c1-16(2)26-23(32)17-7-8-21-20(13-17)28-22(29(21)3)15-30-9-11-31(12-10-30)24(33)27-19-6-4-5-18(25)14-19/h4-8,13-14,16H,9-12,15H2,1-3H3,(H,26,32)(H,27,33). The van der Waals surface area contributed by atoms with E-state index in [-0.39, 0.29) is 18.0 Å². The molecule has 1 fully saturated rings. The largest absolute Gasteiger partial charge is 0.350 e. The SMILES string of the molecule is CC(C)NC(=O)c1ccc2c(c1)nc(CN1CCN(C(=O)Nc3cccc(Cl)c3)CC1)n2C. The number of urea groups is 1. The lowest BCUT2D eigenvalue weighted by Gasteiger charge is -2.34. The predicted octanol–water partition coefficient (Wildman–Crippen LogP) is 3.71. The number of piperazine rings is 1. The van der Waals surface area contributed by atoms with E-state index in [0.29, 0.717) is 35.9 Å². The van der Waals surface area contributed by atoms with Crippen molar-refractivity contribution in [1.29, 1.82) is 0 Å². The summed E-state index contributed by atoms with van der Waals surface area (Å²) in [7, 11) is 1.99. The number of benzene rings is 2. The van der Waals surface area contributed by atoms with E-state index in [2.05, 4.69) is 20.1 Å². The number of amides is 3. The maximum Gasteiger partial charge on any atom is 0.321 e. The second kappa shape index (κ2) is 9.80. The number of hydrogen-bond acceptors (Lipinski definition) is 4. The van der Waals surface area contributed by atoms with Crippen molar-refractivity contribution in [3.8, 4) is 0 Å². The highest BCUT2D eigenvalue weighted by molar-refractivity contribution is 6.30. The van der Waals surface area contributed by atoms with E-state index in [1.54, 1.807) is 12.1 Å². The van der Waals surface area contributed by atoms with Crippen LogP contribution >= 0.6 is 11.6 Å². The van der Waals surface area contributed by atoms with Gasteiger partial charge in [-0.2, -0.15) is 0 Å². The molecule has 0 saturated carbocycles. The number of carbonyl (C=O) groups is 2. The highest BCUT2D eigenvalue weighted by Gasteiger charge is 2.23. The first kappa shape index (κ1) is 23.1. The van der Waals surface area contributed by atoms with Gasteiger partial charge in [-0.05, 0) is 50.2 Å². The zero-order valence-corrected chi connectivity index (χ0v) is 19.9. The van der Waals surface area contributed by atoms with Crippen molar-refractivity contribution in [2.75, 3.05) is 31.5 Å². The van der Waals surface area contributed by atoms with Gasteiger partial charge in [-0.3, -0.25) is 9.69 Å². The Morgan fingerprint density at radius 3 is 2.55 bits per heavy atom. The van der Waals surface area contributed by atoms with Gasteiger partial charge >= 0.3 is 6.03 Å². The van der Waals surface area contributed by atoms with E-state index in [4.69, 9.17) is 16.6 Å². The zero-order valence-electron chi connectivity index (χ0n) is 19.1. The summed E-state index contributed by atoms with van der Waals surface area (Å²) in [5, 5.41) is 6.41. The number of anilines is 1. The maximum atomic E-state index is 12.6. The number of aryl methyl sites for hydroxylation is 1. The highest BCUT2D eigenvalue weighted by Crippen LogP contribution is 2.19. The number of hydrogen-bond donors (Lipinski definition) is 2. The molecule has 0 atom stereocenters. The van der Waals surface area contributed by atoms with Crippen LogP contribution in [0.5, 0.6) is 0 Å². The molecule has 0 aliphatic carbocycles. The van der Waals surface area contributed by atoms with Gasteiger partial charge in [0.25, 0.3) is 5.91 Å². The molecule has 1 saturated heterocycles. The summed E-state index contributed by atoms with van der Waals surface area (Å²) in [6, 6.07) is 12.7. The van der Waals surface area contributed by atoms with E-state index < -0.39 is 0 Å². The van der Waals surface area contributed by atoms with Crippen LogP contribution in [0.2, 0.25) is 5.02 Å². The van der Waals surface area contributed by atoms with Crippen LogP contribution in [0, 0.1) is 0 Å². The van der Waals surface area contributed by atoms with E-state index >= 15 is 0 Å². The Hall–Kier alpha value is -3.10. The summed E-state index contributed by atoms with van der Waals surface area (Å²) in [6.45, 7) is 7.35. The van der Waals surface area contributed by atoms with Crippen molar-refractivity contribution < 1.29 is 9.59 Å². The molecule has 0 spiro atoms. The topological polar surface area (TPSA) is 82.5 Å². The molecule has 1 aliphatic heterocycles. The smallest absolute Gasteiger partial charge is 0.321 e. The molecule has 8 nitrogen and oxygen atoms in total. The van der Waals surface area contributed by atoms with E-state index in [0.717, 1.165) is 29.9 Å². The van der Waals surface area contributed by atoms with Gasteiger partial charge in [-0.1, -0.05) is 17.7 Å². The monoisotopic (exact) mass is 468 g/mol. The van der Waals surface area contributed by atoms with Crippen molar-refractivity contribution in [3.63, 3.8) is 0 Å². The van der Waals surface area contributed by atoms with E-state index in [9.17, 15) is 9.59 Å². The normalized spacial score (nSPS) is 14.6. The van der Waals surface area contributed by atoms with Gasteiger partial charge in [0.1, 0.15) is 5.82 Å². The van der Waals surface area contributed by atoms with Crippen molar-refractivity contribution in [1.82, 2.24) is 24.7 Å². The zero-order chi connectivity index (χ0) is 23.5. The molecule has 3 aromatic rings. The first-order valence-corrected chi connectivity index (χ1v) is 11.5. The van der Waals surface area contributed by atoms with Crippen LogP contribution in [0.25, 0.3) is 11.0 Å². The molecule has 2 heterocycles. The number of nitrogens with one attached hydrogen (secondary N) is 2. The van der Waals surface area contributed by atoms with Gasteiger partial charge < -0.3 is 20.1 Å². The average Bonchev–Trinajstić information content (AvgIpc) is 3.08. The lowest BCUT2D eigenvalue weighted by Crippen LogP contribution is -2.49. The van der Waals surface area contributed by atoms with Crippen LogP contribution in [-0.4, -0.2) is 63.5 Å². The minimum atomic E-state index is -0.119. The Morgan fingerprint density at radius 2 is 1.85 bits per heavy atom. The van der Waals surface area contributed by atoms with Gasteiger partial charge in [0, 0.05) is 55.5 Å². The molecule has 9 heteroatoms. The molecule has 3 amide bonds. The highest BCUT2D eigenvalue weighted by atomic mass is 35.5. The van der Waals surface area contributed by atoms with Crippen molar-refractivity contribution in [2.24, 2.45) is 7.05 Å². The number of imidazole rings is 1. The van der Waals surface area contributed by atoms with Crippen LogP contribution in [0.3, 0.4) is 0 Å². The number of carbonyl (C=O) groups excluding carboxylic acids is 2. The second-order valence-corrected chi connectivity index (χ2v) is 9.06. The van der Waals surface area contributed by atoms with Gasteiger partial charge in [-0.25, -0.2) is 9.78 Å². The fourth-order valence-corrected chi connectivity index (χ4v) is 4.15. The quantitative estimate of drug-likeness (QED) is 0.598. The summed E-state index contributed by atoms with van der Waals surface area (Å²) in [4.78, 5) is 33.8. The molecule has 174 valence electrons. The summed E-state index contributed by atoms with van der Waals surface area (Å²) in [5.74, 6) is 0.842. The molecular formula is C24H29ClN6O2. The summed E-state index contributed by atoms with van der Waals surface area (Å²) in [6.07, 6.45) is 0. The number of halogens is 1. The Labute approximate surface area is 198 Å². The van der Waals surface area contributed by atoms with Gasteiger partial charge in [-0.15, -0.1) is 0 Å². The summed E-state index contributed by atoms with van der Waals surface area (Å²) < 4.78 is 2.07. The minimum absolute atomic E-state index is 0.0822. The van der Waals surface area contributed by atoms with Crippen LogP contribution in [-0.2, 0) is 13.6 Å². The van der Waals surface area contributed by atoms with Gasteiger partial charge in [0.05, 0.1) is 17.6 Å². The molecular weight excluding hydrogens is 440 g/mol. The third-order valence-electron chi connectivity index (χ3n) is 5.76. The molecule has 0 bridgehead atoms. The molecule has 1 aliphatic rings.